The van der Waals surface area contributed by atoms with Crippen LogP contribution in [0.4, 0.5) is 5.95 Å². The van der Waals surface area contributed by atoms with Crippen LogP contribution in [0.25, 0.3) is 4.96 Å². The van der Waals surface area contributed by atoms with E-state index in [0.29, 0.717) is 6.54 Å². The van der Waals surface area contributed by atoms with Gasteiger partial charge in [0.1, 0.15) is 5.76 Å². The van der Waals surface area contributed by atoms with Gasteiger partial charge in [-0.1, -0.05) is 32.1 Å². The summed E-state index contributed by atoms with van der Waals surface area (Å²) >= 11 is 3.10. The molecule has 29 heavy (non-hydrogen) atoms. The van der Waals surface area contributed by atoms with Crippen molar-refractivity contribution in [1.82, 2.24) is 29.4 Å². The standard InChI is InChI=1S/C19H23N7OS2/c1-19(2,3)14-12-26-16(20-14)28-18(23-26)29-17-22-21-15(24-8-4-5-9-24)25(17)11-13-7-6-10-27-13/h6-7,10,12H,4-5,8-9,11H2,1-3H3. The molecule has 0 radical (unpaired) electrons. The van der Waals surface area contributed by atoms with E-state index in [2.05, 4.69) is 40.4 Å². The Hall–Kier alpha value is -2.33. The zero-order valence-corrected chi connectivity index (χ0v) is 18.3. The van der Waals surface area contributed by atoms with Crippen molar-refractivity contribution in [3.05, 3.63) is 36.0 Å². The average molecular weight is 430 g/mol. The molecule has 4 aromatic heterocycles. The molecule has 5 heterocycles. The van der Waals surface area contributed by atoms with Crippen molar-refractivity contribution in [3.8, 4) is 0 Å². The Morgan fingerprint density at radius 2 is 2.03 bits per heavy atom. The molecule has 5 rings (SSSR count). The highest BCUT2D eigenvalue weighted by Gasteiger charge is 2.24. The molecule has 0 N–H and O–H groups in total. The molecule has 0 aromatic carbocycles. The Morgan fingerprint density at radius 3 is 2.72 bits per heavy atom. The third-order valence-corrected chi connectivity index (χ3v) is 6.91. The molecule has 1 saturated heterocycles. The van der Waals surface area contributed by atoms with Crippen LogP contribution in [0, 0.1) is 0 Å². The molecule has 0 bridgehead atoms. The summed E-state index contributed by atoms with van der Waals surface area (Å²) in [6.45, 7) is 9.11. The summed E-state index contributed by atoms with van der Waals surface area (Å²) in [5, 5.41) is 14.5. The fraction of sp³-hybridized carbons (Fsp3) is 0.474. The smallest absolute Gasteiger partial charge is 0.228 e. The minimum absolute atomic E-state index is 0.00850. The monoisotopic (exact) mass is 429 g/mol. The molecule has 1 aliphatic heterocycles. The number of aromatic nitrogens is 6. The summed E-state index contributed by atoms with van der Waals surface area (Å²) in [4.78, 5) is 7.93. The van der Waals surface area contributed by atoms with Gasteiger partial charge in [0.15, 0.2) is 9.50 Å². The zero-order valence-electron chi connectivity index (χ0n) is 16.7. The van der Waals surface area contributed by atoms with Crippen molar-refractivity contribution < 1.29 is 4.42 Å². The SMILES string of the molecule is CC(C)(C)c1cn2nc(Sc3nnc(N4CCCC4)n3Cc3ccco3)sc2n1. The Labute approximate surface area is 176 Å². The van der Waals surface area contributed by atoms with Gasteiger partial charge in [0, 0.05) is 18.5 Å². The number of furan rings is 1. The van der Waals surface area contributed by atoms with Crippen LogP contribution in [0.3, 0.4) is 0 Å². The first-order chi connectivity index (χ1) is 14.0. The molecule has 1 aliphatic rings. The predicted molar refractivity (Wildman–Crippen MR) is 113 cm³/mol. The second-order valence-corrected chi connectivity index (χ2v) is 10.4. The van der Waals surface area contributed by atoms with Crippen LogP contribution in [0.2, 0.25) is 0 Å². The maximum Gasteiger partial charge on any atom is 0.228 e. The molecule has 0 saturated carbocycles. The van der Waals surface area contributed by atoms with Gasteiger partial charge in [-0.15, -0.1) is 15.3 Å². The van der Waals surface area contributed by atoms with Gasteiger partial charge in [-0.2, -0.15) is 0 Å². The lowest BCUT2D eigenvalue weighted by Crippen LogP contribution is -2.22. The maximum atomic E-state index is 5.58. The van der Waals surface area contributed by atoms with Crippen LogP contribution < -0.4 is 4.90 Å². The Balaban J connectivity index is 1.45. The normalized spacial score (nSPS) is 15.1. The summed E-state index contributed by atoms with van der Waals surface area (Å²) in [6, 6.07) is 3.89. The second kappa shape index (κ2) is 7.17. The van der Waals surface area contributed by atoms with Gasteiger partial charge in [0.05, 0.1) is 24.7 Å². The third-order valence-electron chi connectivity index (χ3n) is 4.95. The summed E-state index contributed by atoms with van der Waals surface area (Å²) in [5.41, 5.74) is 1.05. The summed E-state index contributed by atoms with van der Waals surface area (Å²) in [7, 11) is 0. The molecule has 152 valence electrons. The number of hydrogen-bond acceptors (Lipinski definition) is 8. The summed E-state index contributed by atoms with van der Waals surface area (Å²) < 4.78 is 10.5. The van der Waals surface area contributed by atoms with Gasteiger partial charge in [-0.05, 0) is 36.7 Å². The fourth-order valence-electron chi connectivity index (χ4n) is 3.37. The van der Waals surface area contributed by atoms with Gasteiger partial charge in [-0.3, -0.25) is 4.57 Å². The highest BCUT2D eigenvalue weighted by atomic mass is 32.2. The molecular formula is C19H23N7OS2. The lowest BCUT2D eigenvalue weighted by molar-refractivity contribution is 0.483. The number of nitrogens with zero attached hydrogens (tertiary/aromatic N) is 7. The number of anilines is 1. The molecule has 0 spiro atoms. The largest absolute Gasteiger partial charge is 0.467 e. The van der Waals surface area contributed by atoms with E-state index < -0.39 is 0 Å². The van der Waals surface area contributed by atoms with E-state index in [1.54, 1.807) is 17.6 Å². The lowest BCUT2D eigenvalue weighted by atomic mass is 9.93. The van der Waals surface area contributed by atoms with Crippen LogP contribution in [0.15, 0.2) is 38.5 Å². The number of imidazole rings is 1. The predicted octanol–water partition coefficient (Wildman–Crippen LogP) is 4.07. The van der Waals surface area contributed by atoms with Crippen LogP contribution in [0.5, 0.6) is 0 Å². The van der Waals surface area contributed by atoms with Crippen molar-refractivity contribution in [3.63, 3.8) is 0 Å². The van der Waals surface area contributed by atoms with Crippen molar-refractivity contribution >= 4 is 34.0 Å². The van der Waals surface area contributed by atoms with E-state index in [1.165, 1.54) is 24.6 Å². The van der Waals surface area contributed by atoms with Gasteiger partial charge in [0.25, 0.3) is 0 Å². The van der Waals surface area contributed by atoms with Crippen molar-refractivity contribution in [2.75, 3.05) is 18.0 Å². The summed E-state index contributed by atoms with van der Waals surface area (Å²) in [6.07, 6.45) is 6.09. The quantitative estimate of drug-likeness (QED) is 0.473. The zero-order chi connectivity index (χ0) is 20.0. The maximum absolute atomic E-state index is 5.58. The van der Waals surface area contributed by atoms with Gasteiger partial charge in [-0.25, -0.2) is 9.50 Å². The molecule has 0 atom stereocenters. The van der Waals surface area contributed by atoms with Gasteiger partial charge >= 0.3 is 0 Å². The average Bonchev–Trinajstić information content (AvgIpc) is 3.44. The van der Waals surface area contributed by atoms with Crippen LogP contribution >= 0.6 is 23.1 Å². The molecule has 0 amide bonds. The Kier molecular flexibility index (Phi) is 4.62. The molecule has 0 aliphatic carbocycles. The lowest BCUT2D eigenvalue weighted by Gasteiger charge is -2.17. The molecule has 0 unspecified atom stereocenters. The first-order valence-electron chi connectivity index (χ1n) is 9.72. The van der Waals surface area contributed by atoms with E-state index in [1.807, 2.05) is 22.8 Å². The topological polar surface area (TPSA) is 77.3 Å². The number of hydrogen-bond donors (Lipinski definition) is 0. The van der Waals surface area contributed by atoms with Crippen molar-refractivity contribution in [2.45, 2.75) is 55.1 Å². The third kappa shape index (κ3) is 3.66. The first kappa shape index (κ1) is 18.7. The van der Waals surface area contributed by atoms with Crippen LogP contribution in [0.1, 0.15) is 45.1 Å². The van der Waals surface area contributed by atoms with E-state index in [9.17, 15) is 0 Å². The minimum atomic E-state index is 0.00850. The minimum Gasteiger partial charge on any atom is -0.467 e. The highest BCUT2D eigenvalue weighted by Crippen LogP contribution is 2.34. The second-order valence-electron chi connectivity index (χ2n) is 8.22. The highest BCUT2D eigenvalue weighted by molar-refractivity contribution is 8.01. The first-order valence-corrected chi connectivity index (χ1v) is 11.4. The van der Waals surface area contributed by atoms with Crippen LogP contribution in [-0.4, -0.2) is 42.5 Å². The van der Waals surface area contributed by atoms with Gasteiger partial charge < -0.3 is 9.32 Å². The van der Waals surface area contributed by atoms with E-state index >= 15 is 0 Å². The van der Waals surface area contributed by atoms with Gasteiger partial charge in [0.2, 0.25) is 10.9 Å². The molecule has 10 heteroatoms. The summed E-state index contributed by atoms with van der Waals surface area (Å²) in [5.74, 6) is 1.79. The molecule has 4 aromatic rings. The van der Waals surface area contributed by atoms with Crippen molar-refractivity contribution in [1.29, 1.82) is 0 Å². The van der Waals surface area contributed by atoms with E-state index in [4.69, 9.17) is 14.5 Å². The molecular weight excluding hydrogens is 406 g/mol. The van der Waals surface area contributed by atoms with Crippen molar-refractivity contribution in [2.24, 2.45) is 0 Å². The van der Waals surface area contributed by atoms with Crippen LogP contribution in [-0.2, 0) is 12.0 Å². The fourth-order valence-corrected chi connectivity index (χ4v) is 5.22. The van der Waals surface area contributed by atoms with E-state index in [0.717, 1.165) is 44.9 Å². The molecule has 8 nitrogen and oxygen atoms in total. The Bertz CT molecular complexity index is 1080. The molecule has 1 fully saturated rings. The number of rotatable bonds is 5. The Morgan fingerprint density at radius 1 is 1.21 bits per heavy atom. The number of fused-ring (bicyclic) bond motifs is 1. The van der Waals surface area contributed by atoms with E-state index in [-0.39, 0.29) is 5.41 Å².